The van der Waals surface area contributed by atoms with E-state index in [2.05, 4.69) is 10.5 Å². The molecule has 2 rings (SSSR count). The summed E-state index contributed by atoms with van der Waals surface area (Å²) in [4.78, 5) is 16.7. The summed E-state index contributed by atoms with van der Waals surface area (Å²) < 4.78 is 23.7. The molecule has 0 radical (unpaired) electrons. The van der Waals surface area contributed by atoms with E-state index in [1.807, 2.05) is 6.92 Å². The molecule has 0 fully saturated rings. The van der Waals surface area contributed by atoms with Crippen LogP contribution in [-0.2, 0) is 9.63 Å². The predicted molar refractivity (Wildman–Crippen MR) is 97.7 cm³/mol. The third-order valence-electron chi connectivity index (χ3n) is 3.16. The minimum absolute atomic E-state index is 0.0776. The highest BCUT2D eigenvalue weighted by molar-refractivity contribution is 6.31. The number of methoxy groups -OCH3 is 1. The summed E-state index contributed by atoms with van der Waals surface area (Å²) in [5.41, 5.74) is 1.08. The molecular weight excluding hydrogens is 363 g/mol. The second kappa shape index (κ2) is 9.62. The van der Waals surface area contributed by atoms with E-state index in [4.69, 9.17) is 25.9 Å². The zero-order valence-corrected chi connectivity index (χ0v) is 15.0. The van der Waals surface area contributed by atoms with Crippen molar-refractivity contribution in [2.45, 2.75) is 6.92 Å². The molecule has 0 atom stereocenters. The lowest BCUT2D eigenvalue weighted by Gasteiger charge is -2.09. The Morgan fingerprint density at radius 3 is 2.77 bits per heavy atom. The zero-order chi connectivity index (χ0) is 18.9. The Morgan fingerprint density at radius 1 is 1.27 bits per heavy atom. The molecule has 2 aromatic carbocycles. The third kappa shape index (κ3) is 5.63. The van der Waals surface area contributed by atoms with Crippen molar-refractivity contribution in [3.8, 4) is 11.5 Å². The number of benzene rings is 2. The molecule has 1 N–H and O–H groups in total. The number of ether oxygens (including phenoxy) is 2. The van der Waals surface area contributed by atoms with E-state index >= 15 is 0 Å². The van der Waals surface area contributed by atoms with E-state index in [0.717, 1.165) is 11.6 Å². The number of anilines is 1. The molecule has 0 saturated carbocycles. The Bertz CT molecular complexity index is 799. The van der Waals surface area contributed by atoms with Crippen LogP contribution in [0.5, 0.6) is 11.5 Å². The fraction of sp³-hybridized carbons (Fsp3) is 0.222. The maximum Gasteiger partial charge on any atom is 0.265 e. The van der Waals surface area contributed by atoms with Crippen molar-refractivity contribution >= 4 is 29.4 Å². The van der Waals surface area contributed by atoms with E-state index in [-0.39, 0.29) is 11.6 Å². The molecule has 0 bridgehead atoms. The fourth-order valence-corrected chi connectivity index (χ4v) is 2.18. The smallest absolute Gasteiger partial charge is 0.265 e. The number of oxime groups is 1. The second-order valence-electron chi connectivity index (χ2n) is 5.03. The molecule has 0 aromatic heterocycles. The van der Waals surface area contributed by atoms with Gasteiger partial charge in [-0.1, -0.05) is 16.8 Å². The molecule has 0 heterocycles. The third-order valence-corrected chi connectivity index (χ3v) is 3.45. The van der Waals surface area contributed by atoms with E-state index in [9.17, 15) is 9.18 Å². The summed E-state index contributed by atoms with van der Waals surface area (Å²) >= 11 is 5.65. The van der Waals surface area contributed by atoms with E-state index in [1.165, 1.54) is 18.3 Å². The normalized spacial score (nSPS) is 10.6. The van der Waals surface area contributed by atoms with E-state index < -0.39 is 11.7 Å². The van der Waals surface area contributed by atoms with Crippen molar-refractivity contribution in [2.24, 2.45) is 5.16 Å². The van der Waals surface area contributed by atoms with Crippen molar-refractivity contribution in [1.29, 1.82) is 0 Å². The first-order valence-electron chi connectivity index (χ1n) is 7.74. The molecule has 0 unspecified atom stereocenters. The van der Waals surface area contributed by atoms with Gasteiger partial charge < -0.3 is 19.6 Å². The Kier molecular flexibility index (Phi) is 7.23. The number of rotatable bonds is 8. The van der Waals surface area contributed by atoms with Crippen LogP contribution in [0.3, 0.4) is 0 Å². The van der Waals surface area contributed by atoms with Crippen LogP contribution in [0.4, 0.5) is 10.1 Å². The standard InChI is InChI=1S/C18H18ClFN2O4/c1-3-25-16-7-4-12(8-17(16)24-2)10-21-26-11-18(23)22-13-5-6-15(20)14(19)9-13/h4-10H,3,11H2,1-2H3,(H,22,23)/b21-10-. The lowest BCUT2D eigenvalue weighted by Crippen LogP contribution is -2.17. The Labute approximate surface area is 155 Å². The van der Waals surface area contributed by atoms with Gasteiger partial charge >= 0.3 is 0 Å². The molecule has 2 aromatic rings. The SMILES string of the molecule is CCOc1ccc(/C=N\OCC(=O)Nc2ccc(F)c(Cl)c2)cc1OC. The summed E-state index contributed by atoms with van der Waals surface area (Å²) in [6.45, 7) is 2.11. The summed E-state index contributed by atoms with van der Waals surface area (Å²) in [5, 5.41) is 6.18. The molecule has 138 valence electrons. The molecule has 0 aliphatic heterocycles. The molecule has 0 saturated heterocycles. The van der Waals surface area contributed by atoms with Crippen LogP contribution in [0.15, 0.2) is 41.6 Å². The predicted octanol–water partition coefficient (Wildman–Crippen LogP) is 3.88. The van der Waals surface area contributed by atoms with Crippen LogP contribution >= 0.6 is 11.6 Å². The van der Waals surface area contributed by atoms with Gasteiger partial charge in [-0.15, -0.1) is 0 Å². The number of carbonyl (C=O) groups is 1. The van der Waals surface area contributed by atoms with E-state index in [0.29, 0.717) is 23.8 Å². The number of amides is 1. The fourth-order valence-electron chi connectivity index (χ4n) is 2.00. The van der Waals surface area contributed by atoms with Crippen LogP contribution in [0.1, 0.15) is 12.5 Å². The van der Waals surface area contributed by atoms with Gasteiger partial charge in [-0.05, 0) is 43.3 Å². The summed E-state index contributed by atoms with van der Waals surface area (Å²) in [6, 6.07) is 9.14. The number of nitrogens with zero attached hydrogens (tertiary/aromatic N) is 1. The van der Waals surface area contributed by atoms with Crippen LogP contribution in [0.25, 0.3) is 0 Å². The Balaban J connectivity index is 1.86. The van der Waals surface area contributed by atoms with Gasteiger partial charge in [-0.2, -0.15) is 0 Å². The minimum atomic E-state index is -0.559. The maximum atomic E-state index is 13.1. The highest BCUT2D eigenvalue weighted by atomic mass is 35.5. The lowest BCUT2D eigenvalue weighted by atomic mass is 10.2. The van der Waals surface area contributed by atoms with Crippen molar-refractivity contribution in [2.75, 3.05) is 25.6 Å². The molecule has 0 spiro atoms. The topological polar surface area (TPSA) is 69.2 Å². The average molecular weight is 381 g/mol. The van der Waals surface area contributed by atoms with Crippen molar-refractivity contribution in [3.05, 3.63) is 52.8 Å². The van der Waals surface area contributed by atoms with Crippen LogP contribution in [0.2, 0.25) is 5.02 Å². The van der Waals surface area contributed by atoms with Gasteiger partial charge in [0.05, 0.1) is 25.0 Å². The molecule has 0 aliphatic carbocycles. The van der Waals surface area contributed by atoms with Gasteiger partial charge in [0.1, 0.15) is 5.82 Å². The second-order valence-corrected chi connectivity index (χ2v) is 5.44. The zero-order valence-electron chi connectivity index (χ0n) is 14.3. The molecular formula is C18H18ClFN2O4. The number of hydrogen-bond acceptors (Lipinski definition) is 5. The molecule has 26 heavy (non-hydrogen) atoms. The van der Waals surface area contributed by atoms with Crippen LogP contribution < -0.4 is 14.8 Å². The number of carbonyl (C=O) groups excluding carboxylic acids is 1. The highest BCUT2D eigenvalue weighted by Crippen LogP contribution is 2.27. The number of hydrogen-bond donors (Lipinski definition) is 1. The number of halogens is 2. The molecule has 8 heteroatoms. The van der Waals surface area contributed by atoms with E-state index in [1.54, 1.807) is 25.3 Å². The first kappa shape index (κ1) is 19.5. The molecule has 0 aliphatic rings. The van der Waals surface area contributed by atoms with Crippen molar-refractivity contribution in [1.82, 2.24) is 0 Å². The van der Waals surface area contributed by atoms with Crippen molar-refractivity contribution < 1.29 is 23.5 Å². The summed E-state index contributed by atoms with van der Waals surface area (Å²) in [7, 11) is 1.54. The molecule has 6 nitrogen and oxygen atoms in total. The minimum Gasteiger partial charge on any atom is -0.493 e. The first-order chi connectivity index (χ1) is 12.5. The summed E-state index contributed by atoms with van der Waals surface area (Å²) in [5.74, 6) is 0.192. The Morgan fingerprint density at radius 2 is 2.08 bits per heavy atom. The highest BCUT2D eigenvalue weighted by Gasteiger charge is 2.06. The average Bonchev–Trinajstić information content (AvgIpc) is 2.63. The van der Waals surface area contributed by atoms with Crippen LogP contribution in [0, 0.1) is 5.82 Å². The van der Waals surface area contributed by atoms with Gasteiger partial charge in [0.25, 0.3) is 5.91 Å². The quantitative estimate of drug-likeness (QED) is 0.557. The van der Waals surface area contributed by atoms with Gasteiger partial charge in [0, 0.05) is 11.3 Å². The lowest BCUT2D eigenvalue weighted by molar-refractivity contribution is -0.120. The van der Waals surface area contributed by atoms with Gasteiger partial charge in [0.15, 0.2) is 18.1 Å². The monoisotopic (exact) mass is 380 g/mol. The summed E-state index contributed by atoms with van der Waals surface area (Å²) in [6.07, 6.45) is 1.44. The van der Waals surface area contributed by atoms with Crippen molar-refractivity contribution in [3.63, 3.8) is 0 Å². The first-order valence-corrected chi connectivity index (χ1v) is 8.12. The Hall–Kier alpha value is -2.80. The van der Waals surface area contributed by atoms with Gasteiger partial charge in [-0.3, -0.25) is 4.79 Å². The molecule has 1 amide bonds. The van der Waals surface area contributed by atoms with Gasteiger partial charge in [0.2, 0.25) is 0 Å². The van der Waals surface area contributed by atoms with Gasteiger partial charge in [-0.25, -0.2) is 4.39 Å². The number of nitrogens with one attached hydrogen (secondary N) is 1. The van der Waals surface area contributed by atoms with Crippen LogP contribution in [-0.4, -0.2) is 32.4 Å². The maximum absolute atomic E-state index is 13.1. The largest absolute Gasteiger partial charge is 0.493 e.